The lowest BCUT2D eigenvalue weighted by Gasteiger charge is -2.16. The van der Waals surface area contributed by atoms with Crippen molar-refractivity contribution in [3.8, 4) is 0 Å². The first-order chi connectivity index (χ1) is 19.0. The number of nitrogens with zero attached hydrogens (tertiary/aromatic N) is 2. The number of rotatable bonds is 5. The molecule has 0 radical (unpaired) electrons. The van der Waals surface area contributed by atoms with Crippen LogP contribution in [-0.4, -0.2) is 20.6 Å². The molecular weight excluding hydrogens is 504 g/mol. The van der Waals surface area contributed by atoms with Crippen molar-refractivity contribution in [1.82, 2.24) is 9.55 Å². The van der Waals surface area contributed by atoms with Crippen LogP contribution < -0.4 is 5.56 Å². The molecule has 1 atom stereocenters. The van der Waals surface area contributed by atoms with Gasteiger partial charge in [0.2, 0.25) is 0 Å². The zero-order valence-corrected chi connectivity index (χ0v) is 26.9. The number of benzene rings is 3. The molecule has 1 aromatic heterocycles. The highest BCUT2D eigenvalue weighted by molar-refractivity contribution is 8.00. The Labute approximate surface area is 240 Å². The topological polar surface area (TPSA) is 72.2 Å². The standard InChI is InChI=1S/C23H20N2O3S.5C2H6/c1-3-25-21(26)18-12-15-8-4-5-9-16(15)13-19(18)24-23(25)29-20(22(27)28)17-10-6-7-14(2)11-17;5*1-2/h4-13,20H,3H2,1-2H3,(H,27,28);5*1-2H3. The van der Waals surface area contributed by atoms with Crippen molar-refractivity contribution in [3.63, 3.8) is 0 Å². The number of hydrogen-bond acceptors (Lipinski definition) is 4. The number of aromatic nitrogens is 2. The molecule has 0 aliphatic rings. The van der Waals surface area contributed by atoms with Crippen LogP contribution in [0.25, 0.3) is 21.7 Å². The number of carbonyl (C=O) groups is 1. The second kappa shape index (κ2) is 21.8. The second-order valence-corrected chi connectivity index (χ2v) is 7.98. The summed E-state index contributed by atoms with van der Waals surface area (Å²) in [4.78, 5) is 29.8. The van der Waals surface area contributed by atoms with E-state index in [-0.39, 0.29) is 5.56 Å². The summed E-state index contributed by atoms with van der Waals surface area (Å²) in [5, 5.41) is 11.9. The average Bonchev–Trinajstić information content (AvgIpc) is 3.00. The summed E-state index contributed by atoms with van der Waals surface area (Å²) in [5.74, 6) is -0.962. The first kappa shape index (κ1) is 38.0. The molecular formula is C33H50N2O3S. The maximum Gasteiger partial charge on any atom is 0.321 e. The quantitative estimate of drug-likeness (QED) is 0.151. The maximum atomic E-state index is 13.1. The first-order valence-corrected chi connectivity index (χ1v) is 15.2. The highest BCUT2D eigenvalue weighted by Crippen LogP contribution is 2.35. The van der Waals surface area contributed by atoms with Gasteiger partial charge in [0.25, 0.3) is 5.56 Å². The third-order valence-corrected chi connectivity index (χ3v) is 6.13. The lowest BCUT2D eigenvalue weighted by Crippen LogP contribution is -2.23. The Bertz CT molecular complexity index is 1300. The van der Waals surface area contributed by atoms with Gasteiger partial charge in [-0.15, -0.1) is 0 Å². The normalized spacial score (nSPS) is 9.95. The number of fused-ring (bicyclic) bond motifs is 2. The second-order valence-electron chi connectivity index (χ2n) is 6.91. The third-order valence-electron chi connectivity index (χ3n) is 4.90. The van der Waals surface area contributed by atoms with Gasteiger partial charge in [-0.25, -0.2) is 4.98 Å². The minimum atomic E-state index is -0.962. The molecule has 39 heavy (non-hydrogen) atoms. The predicted octanol–water partition coefficient (Wildman–Crippen LogP) is 9.93. The van der Waals surface area contributed by atoms with E-state index < -0.39 is 11.2 Å². The number of carboxylic acids is 1. The summed E-state index contributed by atoms with van der Waals surface area (Å²) in [5.41, 5.74) is 2.09. The van der Waals surface area contributed by atoms with E-state index in [4.69, 9.17) is 0 Å². The molecule has 1 unspecified atom stereocenters. The molecule has 4 rings (SSSR count). The van der Waals surface area contributed by atoms with Crippen molar-refractivity contribution < 1.29 is 9.90 Å². The smallest absolute Gasteiger partial charge is 0.321 e. The van der Waals surface area contributed by atoms with Crippen LogP contribution in [0, 0.1) is 6.92 Å². The van der Waals surface area contributed by atoms with E-state index in [0.29, 0.717) is 28.2 Å². The van der Waals surface area contributed by atoms with Gasteiger partial charge >= 0.3 is 5.97 Å². The molecule has 4 aromatic rings. The van der Waals surface area contributed by atoms with Gasteiger partial charge in [0, 0.05) is 6.54 Å². The van der Waals surface area contributed by atoms with Crippen molar-refractivity contribution in [3.05, 3.63) is 82.1 Å². The van der Waals surface area contributed by atoms with E-state index in [2.05, 4.69) is 4.98 Å². The van der Waals surface area contributed by atoms with Crippen LogP contribution in [0.4, 0.5) is 0 Å². The molecule has 0 bridgehead atoms. The predicted molar refractivity (Wildman–Crippen MR) is 173 cm³/mol. The van der Waals surface area contributed by atoms with Crippen LogP contribution in [0.2, 0.25) is 0 Å². The van der Waals surface area contributed by atoms with Crippen LogP contribution in [-0.2, 0) is 11.3 Å². The Balaban J connectivity index is 0. The molecule has 3 aromatic carbocycles. The van der Waals surface area contributed by atoms with E-state index >= 15 is 0 Å². The maximum absolute atomic E-state index is 13.1. The summed E-state index contributed by atoms with van der Waals surface area (Å²) in [7, 11) is 0. The lowest BCUT2D eigenvalue weighted by atomic mass is 10.1. The van der Waals surface area contributed by atoms with Crippen LogP contribution in [0.3, 0.4) is 0 Å². The molecule has 0 aliphatic carbocycles. The number of aryl methyl sites for hydroxylation is 1. The minimum absolute atomic E-state index is 0.154. The van der Waals surface area contributed by atoms with E-state index in [1.165, 1.54) is 0 Å². The van der Waals surface area contributed by atoms with Crippen molar-refractivity contribution in [2.45, 2.75) is 100 Å². The largest absolute Gasteiger partial charge is 0.480 e. The Morgan fingerprint density at radius 1 is 0.846 bits per heavy atom. The number of hydrogen-bond donors (Lipinski definition) is 1. The van der Waals surface area contributed by atoms with Crippen LogP contribution in [0.5, 0.6) is 0 Å². The molecule has 1 heterocycles. The van der Waals surface area contributed by atoms with Gasteiger partial charge in [0.1, 0.15) is 5.25 Å². The molecule has 0 saturated carbocycles. The number of aliphatic carboxylic acids is 1. The summed E-state index contributed by atoms with van der Waals surface area (Å²) >= 11 is 1.10. The van der Waals surface area contributed by atoms with Crippen molar-refractivity contribution in [1.29, 1.82) is 0 Å². The zero-order valence-electron chi connectivity index (χ0n) is 26.1. The van der Waals surface area contributed by atoms with Gasteiger partial charge in [-0.05, 0) is 42.3 Å². The van der Waals surface area contributed by atoms with E-state index in [1.54, 1.807) is 10.6 Å². The lowest BCUT2D eigenvalue weighted by molar-refractivity contribution is -0.136. The molecule has 0 spiro atoms. The highest BCUT2D eigenvalue weighted by atomic mass is 32.2. The molecule has 216 valence electrons. The average molecular weight is 555 g/mol. The molecule has 0 aliphatic heterocycles. The molecule has 6 heteroatoms. The zero-order chi connectivity index (χ0) is 30.5. The van der Waals surface area contributed by atoms with Gasteiger partial charge in [-0.2, -0.15) is 0 Å². The Morgan fingerprint density at radius 3 is 1.87 bits per heavy atom. The SMILES string of the molecule is CC.CC.CC.CC.CC.CCn1c(SC(C(=O)O)c2cccc(C)c2)nc2cc3ccccc3cc2c1=O. The molecule has 0 fully saturated rings. The fourth-order valence-corrected chi connectivity index (χ4v) is 4.54. The van der Waals surface area contributed by atoms with Crippen LogP contribution in [0.15, 0.2) is 70.6 Å². The van der Waals surface area contributed by atoms with Gasteiger partial charge in [0.15, 0.2) is 5.16 Å². The monoisotopic (exact) mass is 554 g/mol. The fourth-order valence-electron chi connectivity index (χ4n) is 3.46. The van der Waals surface area contributed by atoms with E-state index in [0.717, 1.165) is 28.1 Å². The Kier molecular flexibility index (Phi) is 21.2. The first-order valence-electron chi connectivity index (χ1n) is 14.4. The summed E-state index contributed by atoms with van der Waals surface area (Å²) < 4.78 is 1.55. The number of carboxylic acid groups (broad SMARTS) is 1. The molecule has 0 saturated heterocycles. The van der Waals surface area contributed by atoms with Gasteiger partial charge < -0.3 is 5.11 Å². The molecule has 5 nitrogen and oxygen atoms in total. The Hall–Kier alpha value is -3.12. The van der Waals surface area contributed by atoms with E-state index in [1.807, 2.05) is 138 Å². The highest BCUT2D eigenvalue weighted by Gasteiger charge is 2.24. The van der Waals surface area contributed by atoms with Crippen molar-refractivity contribution >= 4 is 39.4 Å². The number of thioether (sulfide) groups is 1. The van der Waals surface area contributed by atoms with Crippen LogP contribution >= 0.6 is 11.8 Å². The molecule has 1 N–H and O–H groups in total. The Morgan fingerprint density at radius 2 is 1.38 bits per heavy atom. The van der Waals surface area contributed by atoms with Gasteiger partial charge in [0.05, 0.1) is 10.9 Å². The van der Waals surface area contributed by atoms with Gasteiger partial charge in [-0.3, -0.25) is 14.2 Å². The summed E-state index contributed by atoms with van der Waals surface area (Å²) in [6.07, 6.45) is 0. The van der Waals surface area contributed by atoms with Crippen molar-refractivity contribution in [2.24, 2.45) is 0 Å². The van der Waals surface area contributed by atoms with Crippen molar-refractivity contribution in [2.75, 3.05) is 0 Å². The van der Waals surface area contributed by atoms with E-state index in [9.17, 15) is 14.7 Å². The molecule has 0 amide bonds. The van der Waals surface area contributed by atoms with Crippen LogP contribution in [0.1, 0.15) is 92.5 Å². The minimum Gasteiger partial charge on any atom is -0.480 e. The third kappa shape index (κ3) is 10.5. The van der Waals surface area contributed by atoms with Gasteiger partial charge in [-0.1, -0.05) is 135 Å². The summed E-state index contributed by atoms with van der Waals surface area (Å²) in [6.45, 7) is 24.2. The fraction of sp³-hybridized carbons (Fsp3) is 0.424. The summed E-state index contributed by atoms with van der Waals surface area (Å²) in [6, 6.07) is 19.0.